The van der Waals surface area contributed by atoms with Crippen LogP contribution in [0.4, 0.5) is 0 Å². The molecule has 0 radical (unpaired) electrons. The summed E-state index contributed by atoms with van der Waals surface area (Å²) in [6.07, 6.45) is 0. The first-order valence-electron chi connectivity index (χ1n) is 3.74. The molecule has 2 heterocycles. The van der Waals surface area contributed by atoms with Crippen LogP contribution in [0.3, 0.4) is 0 Å². The highest BCUT2D eigenvalue weighted by Gasteiger charge is 2.00. The fourth-order valence-corrected chi connectivity index (χ4v) is 2.29. The Morgan fingerprint density at radius 3 is 2.77 bits per heavy atom. The van der Waals surface area contributed by atoms with Crippen molar-refractivity contribution < 1.29 is 4.42 Å². The Morgan fingerprint density at radius 1 is 1.38 bits per heavy atom. The molecule has 0 unspecified atom stereocenters. The Morgan fingerprint density at radius 2 is 2.23 bits per heavy atom. The number of rotatable bonds is 1. The average molecular weight is 255 g/mol. The molecule has 2 rings (SSSR count). The normalized spacial score (nSPS) is 13.0. The van der Waals surface area contributed by atoms with Crippen molar-refractivity contribution in [3.63, 3.8) is 0 Å². The van der Waals surface area contributed by atoms with E-state index in [0.717, 1.165) is 15.5 Å². The molecule has 0 fully saturated rings. The highest BCUT2D eigenvalue weighted by Crippen LogP contribution is 2.19. The SMILES string of the molecule is C=c1cc/c(=C(/Br)c2ccsc2)o1. The van der Waals surface area contributed by atoms with Crippen molar-refractivity contribution in [1.29, 1.82) is 0 Å². The molecule has 1 nitrogen and oxygen atoms in total. The molecule has 0 N–H and O–H groups in total. The van der Waals surface area contributed by atoms with Crippen molar-refractivity contribution >= 4 is 38.3 Å². The van der Waals surface area contributed by atoms with Crippen molar-refractivity contribution in [1.82, 2.24) is 0 Å². The molecule has 0 aliphatic heterocycles. The highest BCUT2D eigenvalue weighted by atomic mass is 79.9. The van der Waals surface area contributed by atoms with E-state index in [1.54, 1.807) is 11.3 Å². The van der Waals surface area contributed by atoms with Crippen LogP contribution in [-0.4, -0.2) is 0 Å². The van der Waals surface area contributed by atoms with Crippen molar-refractivity contribution in [2.75, 3.05) is 0 Å². The quantitative estimate of drug-likeness (QED) is 0.762. The van der Waals surface area contributed by atoms with Gasteiger partial charge in [0.1, 0.15) is 10.8 Å². The van der Waals surface area contributed by atoms with E-state index in [1.165, 1.54) is 0 Å². The third kappa shape index (κ3) is 1.76. The summed E-state index contributed by atoms with van der Waals surface area (Å²) < 4.78 is 6.35. The van der Waals surface area contributed by atoms with E-state index in [-0.39, 0.29) is 0 Å². The van der Waals surface area contributed by atoms with Gasteiger partial charge in [0, 0.05) is 5.56 Å². The maximum absolute atomic E-state index is 5.38. The van der Waals surface area contributed by atoms with Gasteiger partial charge in [-0.15, -0.1) is 0 Å². The van der Waals surface area contributed by atoms with Crippen LogP contribution >= 0.6 is 27.3 Å². The Kier molecular flexibility index (Phi) is 2.38. The van der Waals surface area contributed by atoms with Gasteiger partial charge in [-0.2, -0.15) is 11.3 Å². The lowest BCUT2D eigenvalue weighted by Gasteiger charge is -1.89. The van der Waals surface area contributed by atoms with Crippen LogP contribution in [0.2, 0.25) is 0 Å². The standard InChI is InChI=1S/C10H7BrOS/c1-7-2-3-9(12-7)10(11)8-4-5-13-6-8/h2-6H,1H2/b10-9-. The minimum absolute atomic E-state index is 0.683. The van der Waals surface area contributed by atoms with Crippen LogP contribution in [0.15, 0.2) is 33.4 Å². The molecule has 0 atom stereocenters. The van der Waals surface area contributed by atoms with Gasteiger partial charge in [0.05, 0.1) is 4.48 Å². The van der Waals surface area contributed by atoms with Crippen molar-refractivity contribution in [3.05, 3.63) is 45.4 Å². The molecule has 3 heteroatoms. The first kappa shape index (κ1) is 8.78. The van der Waals surface area contributed by atoms with Gasteiger partial charge in [0.25, 0.3) is 0 Å². The molecule has 0 amide bonds. The molecule has 0 saturated heterocycles. The van der Waals surface area contributed by atoms with Crippen LogP contribution in [0.5, 0.6) is 0 Å². The first-order chi connectivity index (χ1) is 6.27. The molecule has 0 saturated carbocycles. The van der Waals surface area contributed by atoms with E-state index >= 15 is 0 Å². The fourth-order valence-electron chi connectivity index (χ4n) is 1.03. The molecule has 0 aliphatic rings. The van der Waals surface area contributed by atoms with Crippen LogP contribution in [0, 0.1) is 0 Å². The summed E-state index contributed by atoms with van der Waals surface area (Å²) in [6, 6.07) is 5.80. The second-order valence-corrected chi connectivity index (χ2v) is 4.16. The monoisotopic (exact) mass is 254 g/mol. The summed E-state index contributed by atoms with van der Waals surface area (Å²) in [5, 5.41) is 4.10. The maximum atomic E-state index is 5.38. The molecule has 0 bridgehead atoms. The second kappa shape index (κ2) is 3.52. The van der Waals surface area contributed by atoms with Gasteiger partial charge in [-0.05, 0) is 44.9 Å². The number of thiophene rings is 1. The van der Waals surface area contributed by atoms with Crippen LogP contribution < -0.4 is 10.8 Å². The summed E-state index contributed by atoms with van der Waals surface area (Å²) in [7, 11) is 0. The van der Waals surface area contributed by atoms with Gasteiger partial charge >= 0.3 is 0 Å². The Balaban J connectivity index is 2.64. The summed E-state index contributed by atoms with van der Waals surface area (Å²) >= 11 is 5.15. The summed E-state index contributed by atoms with van der Waals surface area (Å²) in [5.74, 6) is 0. The van der Waals surface area contributed by atoms with Gasteiger partial charge in [0.2, 0.25) is 0 Å². The summed E-state index contributed by atoms with van der Waals surface area (Å²) in [6.45, 7) is 3.71. The summed E-state index contributed by atoms with van der Waals surface area (Å²) in [5.41, 5.74) is 2.64. The van der Waals surface area contributed by atoms with Gasteiger partial charge < -0.3 is 4.42 Å². The van der Waals surface area contributed by atoms with E-state index < -0.39 is 0 Å². The molecule has 0 aliphatic carbocycles. The van der Waals surface area contributed by atoms with Gasteiger partial charge in [0.15, 0.2) is 0 Å². The smallest absolute Gasteiger partial charge is 0.142 e. The second-order valence-electron chi connectivity index (χ2n) is 2.59. The van der Waals surface area contributed by atoms with Gasteiger partial charge in [-0.25, -0.2) is 0 Å². The van der Waals surface area contributed by atoms with Crippen LogP contribution in [0.1, 0.15) is 5.56 Å². The maximum Gasteiger partial charge on any atom is 0.142 e. The zero-order valence-corrected chi connectivity index (χ0v) is 9.19. The minimum atomic E-state index is 0.683. The van der Waals surface area contributed by atoms with Crippen molar-refractivity contribution in [3.8, 4) is 0 Å². The lowest BCUT2D eigenvalue weighted by molar-refractivity contribution is 0.503. The third-order valence-corrected chi connectivity index (χ3v) is 3.18. The molecule has 13 heavy (non-hydrogen) atoms. The molecule has 0 aromatic carbocycles. The molecule has 2 aromatic rings. The van der Waals surface area contributed by atoms with Crippen molar-refractivity contribution in [2.24, 2.45) is 0 Å². The van der Waals surface area contributed by atoms with E-state index in [9.17, 15) is 0 Å². The topological polar surface area (TPSA) is 13.1 Å². The largest absolute Gasteiger partial charge is 0.457 e. The van der Waals surface area contributed by atoms with Gasteiger partial charge in [-0.1, -0.05) is 6.58 Å². The first-order valence-corrected chi connectivity index (χ1v) is 5.48. The van der Waals surface area contributed by atoms with Crippen molar-refractivity contribution in [2.45, 2.75) is 0 Å². The zero-order valence-electron chi connectivity index (χ0n) is 6.79. The predicted octanol–water partition coefficient (Wildman–Crippen LogP) is 2.30. The third-order valence-electron chi connectivity index (χ3n) is 1.65. The molecule has 66 valence electrons. The Bertz CT molecular complexity index is 495. The lowest BCUT2D eigenvalue weighted by atomic mass is 10.3. The summed E-state index contributed by atoms with van der Waals surface area (Å²) in [4.78, 5) is 0. The zero-order chi connectivity index (χ0) is 9.26. The Hall–Kier alpha value is -0.800. The minimum Gasteiger partial charge on any atom is -0.457 e. The van der Waals surface area contributed by atoms with Crippen LogP contribution in [-0.2, 0) is 0 Å². The number of halogens is 1. The fraction of sp³-hybridized carbons (Fsp3) is 0. The van der Waals surface area contributed by atoms with E-state index in [0.29, 0.717) is 5.42 Å². The number of hydrogen-bond donors (Lipinski definition) is 0. The predicted molar refractivity (Wildman–Crippen MR) is 59.2 cm³/mol. The highest BCUT2D eigenvalue weighted by molar-refractivity contribution is 9.15. The number of hydrogen-bond acceptors (Lipinski definition) is 2. The average Bonchev–Trinajstić information content (AvgIpc) is 2.72. The van der Waals surface area contributed by atoms with Gasteiger partial charge in [-0.3, -0.25) is 0 Å². The molecular formula is C10H7BrOS. The van der Waals surface area contributed by atoms with E-state index in [1.807, 2.05) is 23.6 Å². The van der Waals surface area contributed by atoms with E-state index in [4.69, 9.17) is 4.42 Å². The molecule has 0 spiro atoms. The number of furan rings is 1. The lowest BCUT2D eigenvalue weighted by Crippen LogP contribution is -2.00. The molecular weight excluding hydrogens is 248 g/mol. The Labute approximate surface area is 88.1 Å². The van der Waals surface area contributed by atoms with Crippen LogP contribution in [0.25, 0.3) is 11.1 Å². The molecule has 2 aromatic heterocycles. The van der Waals surface area contributed by atoms with E-state index in [2.05, 4.69) is 27.9 Å².